The molecule has 0 aliphatic heterocycles. The van der Waals surface area contributed by atoms with E-state index in [1.54, 1.807) is 19.4 Å². The van der Waals surface area contributed by atoms with Gasteiger partial charge in [0, 0.05) is 29.6 Å². The second-order valence-electron chi connectivity index (χ2n) is 8.99. The van der Waals surface area contributed by atoms with E-state index in [0.717, 1.165) is 28.6 Å². The normalized spacial score (nSPS) is 11.4. The quantitative estimate of drug-likeness (QED) is 0.215. The van der Waals surface area contributed by atoms with Crippen LogP contribution >= 0.6 is 0 Å². The first-order valence-corrected chi connectivity index (χ1v) is 12.5. The Morgan fingerprint density at radius 3 is 2.50 bits per heavy atom. The molecule has 0 aliphatic rings. The number of alkyl halides is 3. The van der Waals surface area contributed by atoms with Crippen molar-refractivity contribution in [1.82, 2.24) is 9.97 Å². The highest BCUT2D eigenvalue weighted by molar-refractivity contribution is 5.93. The minimum absolute atomic E-state index is 0.00679. The number of rotatable bonds is 9. The zero-order chi connectivity index (χ0) is 28.1. The number of nitrogens with one attached hydrogen (secondary N) is 1. The number of ether oxygens (including phenoxy) is 1. The van der Waals surface area contributed by atoms with E-state index in [4.69, 9.17) is 19.1 Å². The van der Waals surface area contributed by atoms with Crippen LogP contribution in [0.5, 0.6) is 5.75 Å². The number of hydrogen-bond donors (Lipinski definition) is 1. The van der Waals surface area contributed by atoms with E-state index in [1.165, 1.54) is 12.1 Å². The minimum Gasteiger partial charge on any atom is -0.497 e. The predicted molar refractivity (Wildman–Crippen MR) is 146 cm³/mol. The molecule has 0 aliphatic carbocycles. The third kappa shape index (κ3) is 6.23. The maximum Gasteiger partial charge on any atom is 0.416 e. The van der Waals surface area contributed by atoms with Crippen LogP contribution in [0.3, 0.4) is 0 Å². The average Bonchev–Trinajstić information content (AvgIpc) is 3.48. The first-order chi connectivity index (χ1) is 19.3. The smallest absolute Gasteiger partial charge is 0.416 e. The van der Waals surface area contributed by atoms with E-state index in [9.17, 15) is 18.0 Å². The molecule has 0 bridgehead atoms. The molecule has 7 nitrogen and oxygen atoms in total. The number of carbonyl (C=O) groups excluding carboxylic acids is 1. The molecule has 0 spiro atoms. The molecule has 2 heterocycles. The van der Waals surface area contributed by atoms with Gasteiger partial charge in [0.25, 0.3) is 0 Å². The summed E-state index contributed by atoms with van der Waals surface area (Å²) in [6.45, 7) is 0.529. The van der Waals surface area contributed by atoms with Crippen molar-refractivity contribution in [1.29, 1.82) is 0 Å². The van der Waals surface area contributed by atoms with E-state index in [0.29, 0.717) is 29.7 Å². The number of hydrogen-bond acceptors (Lipinski definition) is 6. The van der Waals surface area contributed by atoms with Gasteiger partial charge in [0.05, 0.1) is 31.0 Å². The van der Waals surface area contributed by atoms with Gasteiger partial charge in [-0.1, -0.05) is 18.2 Å². The van der Waals surface area contributed by atoms with Crippen LogP contribution < -0.4 is 15.0 Å². The lowest BCUT2D eigenvalue weighted by Crippen LogP contribution is -2.28. The molecular weight excluding hydrogens is 521 g/mol. The molecule has 204 valence electrons. The maximum atomic E-state index is 13.1. The average molecular weight is 547 g/mol. The number of methoxy groups -OCH3 is 1. The Kier molecular flexibility index (Phi) is 7.68. The predicted octanol–water partition coefficient (Wildman–Crippen LogP) is 6.95. The van der Waals surface area contributed by atoms with Crippen molar-refractivity contribution in [2.24, 2.45) is 0 Å². The number of anilines is 2. The van der Waals surface area contributed by atoms with Gasteiger partial charge >= 0.3 is 6.18 Å². The van der Waals surface area contributed by atoms with Crippen LogP contribution in [0.2, 0.25) is 0 Å². The summed E-state index contributed by atoms with van der Waals surface area (Å²) in [5, 5.41) is 3.35. The number of para-hydroxylation sites is 1. The van der Waals surface area contributed by atoms with Crippen molar-refractivity contribution in [3.63, 3.8) is 0 Å². The van der Waals surface area contributed by atoms with Crippen LogP contribution in [0.4, 0.5) is 24.7 Å². The van der Waals surface area contributed by atoms with Crippen LogP contribution in [0.15, 0.2) is 95.6 Å². The summed E-state index contributed by atoms with van der Waals surface area (Å²) in [4.78, 5) is 24.4. The zero-order valence-electron chi connectivity index (χ0n) is 21.5. The lowest BCUT2D eigenvalue weighted by molar-refractivity contribution is -0.137. The number of halogens is 3. The first-order valence-electron chi connectivity index (χ1n) is 12.5. The third-order valence-electron chi connectivity index (χ3n) is 6.24. The molecule has 5 rings (SSSR count). The molecule has 3 aromatic carbocycles. The minimum atomic E-state index is -4.50. The van der Waals surface area contributed by atoms with Crippen molar-refractivity contribution in [3.05, 3.63) is 103 Å². The summed E-state index contributed by atoms with van der Waals surface area (Å²) in [7, 11) is 1.59. The number of fused-ring (bicyclic) bond motifs is 1. The van der Waals surface area contributed by atoms with Crippen molar-refractivity contribution in [2.45, 2.75) is 19.1 Å². The molecule has 5 aromatic rings. The van der Waals surface area contributed by atoms with Gasteiger partial charge in [-0.05, 0) is 66.7 Å². The van der Waals surface area contributed by atoms with Gasteiger partial charge in [0.1, 0.15) is 17.3 Å². The van der Waals surface area contributed by atoms with E-state index in [-0.39, 0.29) is 18.7 Å². The second-order valence-corrected chi connectivity index (χ2v) is 8.99. The van der Waals surface area contributed by atoms with Gasteiger partial charge in [-0.2, -0.15) is 13.2 Å². The Balaban J connectivity index is 1.45. The van der Waals surface area contributed by atoms with Crippen LogP contribution in [0.25, 0.3) is 22.3 Å². The first kappa shape index (κ1) is 26.7. The summed E-state index contributed by atoms with van der Waals surface area (Å²) < 4.78 is 50.1. The fourth-order valence-electron chi connectivity index (χ4n) is 4.25. The van der Waals surface area contributed by atoms with Gasteiger partial charge < -0.3 is 19.4 Å². The molecule has 10 heteroatoms. The molecule has 40 heavy (non-hydrogen) atoms. The van der Waals surface area contributed by atoms with Crippen molar-refractivity contribution < 1.29 is 27.1 Å². The second kappa shape index (κ2) is 11.5. The number of aromatic nitrogens is 2. The summed E-state index contributed by atoms with van der Waals surface area (Å²) in [5.74, 6) is 2.02. The van der Waals surface area contributed by atoms with Crippen LogP contribution in [-0.4, -0.2) is 29.5 Å². The van der Waals surface area contributed by atoms with Crippen molar-refractivity contribution in [3.8, 4) is 17.1 Å². The molecule has 0 atom stereocenters. The molecular formula is C30H25F3N4O3. The lowest BCUT2D eigenvalue weighted by Gasteiger charge is -2.24. The Bertz CT molecular complexity index is 1600. The molecule has 1 amide bonds. The van der Waals surface area contributed by atoms with Crippen LogP contribution in [0, 0.1) is 0 Å². The Hall–Kier alpha value is -4.86. The summed E-state index contributed by atoms with van der Waals surface area (Å²) in [6, 6.07) is 23.1. The van der Waals surface area contributed by atoms with E-state index in [2.05, 4.69) is 5.32 Å². The Labute approximate surface area is 228 Å². The van der Waals surface area contributed by atoms with Gasteiger partial charge in [-0.15, -0.1) is 0 Å². The number of amides is 1. The molecule has 0 radical (unpaired) electrons. The number of carbonyl (C=O) groups is 1. The van der Waals surface area contributed by atoms with Crippen LogP contribution in [0.1, 0.15) is 17.7 Å². The lowest BCUT2D eigenvalue weighted by atomic mass is 10.1. The molecule has 0 unspecified atom stereocenters. The highest BCUT2D eigenvalue weighted by Gasteiger charge is 2.30. The van der Waals surface area contributed by atoms with Gasteiger partial charge in [-0.3, -0.25) is 4.79 Å². The standard InChI is InChI=1S/C30H25F3N4O3/c1-39-23-13-11-20(12-14-23)28-35-26-10-3-2-9-25(26)29(36-28)37(19-24-8-5-17-40-24)16-15-27(38)34-22-7-4-6-21(18-22)30(31,32)33/h2-14,17-18H,15-16,19H2,1H3,(H,34,38). The van der Waals surface area contributed by atoms with Gasteiger partial charge in [-0.25, -0.2) is 9.97 Å². The monoisotopic (exact) mass is 546 g/mol. The summed E-state index contributed by atoms with van der Waals surface area (Å²) in [5.41, 5.74) is 0.749. The largest absolute Gasteiger partial charge is 0.497 e. The molecule has 0 fully saturated rings. The van der Waals surface area contributed by atoms with Gasteiger partial charge in [0.2, 0.25) is 5.91 Å². The fraction of sp³-hybridized carbons (Fsp3) is 0.167. The zero-order valence-corrected chi connectivity index (χ0v) is 21.5. The van der Waals surface area contributed by atoms with E-state index >= 15 is 0 Å². The Morgan fingerprint density at radius 2 is 1.77 bits per heavy atom. The third-order valence-corrected chi connectivity index (χ3v) is 6.24. The Morgan fingerprint density at radius 1 is 0.975 bits per heavy atom. The highest BCUT2D eigenvalue weighted by Crippen LogP contribution is 2.31. The van der Waals surface area contributed by atoms with Crippen molar-refractivity contribution in [2.75, 3.05) is 23.9 Å². The topological polar surface area (TPSA) is 80.5 Å². The van der Waals surface area contributed by atoms with E-state index in [1.807, 2.05) is 59.5 Å². The molecule has 1 N–H and O–H groups in total. The summed E-state index contributed by atoms with van der Waals surface area (Å²) >= 11 is 0. The van der Waals surface area contributed by atoms with Crippen LogP contribution in [-0.2, 0) is 17.5 Å². The number of benzene rings is 3. The molecule has 2 aromatic heterocycles. The van der Waals surface area contributed by atoms with Gasteiger partial charge in [0.15, 0.2) is 5.82 Å². The fourth-order valence-corrected chi connectivity index (χ4v) is 4.25. The molecule has 0 saturated heterocycles. The molecule has 0 saturated carbocycles. The highest BCUT2D eigenvalue weighted by atomic mass is 19.4. The number of furan rings is 1. The summed E-state index contributed by atoms with van der Waals surface area (Å²) in [6.07, 6.45) is -2.95. The maximum absolute atomic E-state index is 13.1. The SMILES string of the molecule is COc1ccc(-c2nc(N(CCC(=O)Nc3cccc(C(F)(F)F)c3)Cc3ccco3)c3ccccc3n2)cc1. The van der Waals surface area contributed by atoms with Crippen molar-refractivity contribution >= 4 is 28.3 Å². The van der Waals surface area contributed by atoms with E-state index < -0.39 is 17.6 Å². The number of nitrogens with zero attached hydrogens (tertiary/aromatic N) is 3.